The second kappa shape index (κ2) is 22.9. The van der Waals surface area contributed by atoms with Gasteiger partial charge in [-0.2, -0.15) is 0 Å². The normalized spacial score (nSPS) is 32.5. The largest absolute Gasteiger partial charge is 0.550 e. The number of rotatable bonds is 24. The van der Waals surface area contributed by atoms with E-state index < -0.39 is 23.6 Å². The summed E-state index contributed by atoms with van der Waals surface area (Å²) in [6, 6.07) is 0. The number of carbonyl (C=O) groups is 2. The summed E-state index contributed by atoms with van der Waals surface area (Å²) in [6.07, 6.45) is 25.2. The minimum absolute atomic E-state index is 0.144. The molecule has 4 aliphatic rings. The maximum Gasteiger partial charge on any atom is 0.137 e. The van der Waals surface area contributed by atoms with Gasteiger partial charge >= 0.3 is 0 Å². The molecule has 4 rings (SSSR count). The van der Waals surface area contributed by atoms with Crippen molar-refractivity contribution in [1.82, 2.24) is 0 Å². The van der Waals surface area contributed by atoms with Crippen LogP contribution < -0.4 is 21.5 Å². The van der Waals surface area contributed by atoms with Crippen molar-refractivity contribution in [3.8, 4) is 0 Å². The molecule has 10 unspecified atom stereocenters. The third-order valence-corrected chi connectivity index (χ3v) is 13.7. The Balaban J connectivity index is 1.20. The predicted molar refractivity (Wildman–Crippen MR) is 203 cm³/mol. The molecular formula is C43H78N3O6+. The molecule has 1 aliphatic heterocycles. The Hall–Kier alpha value is -1.36. The summed E-state index contributed by atoms with van der Waals surface area (Å²) < 4.78 is 0. The summed E-state index contributed by atoms with van der Waals surface area (Å²) in [4.78, 5) is 24.8. The number of Topliss-reactive ketones (excluding diaryl/α,β-unsaturated/α-hetero) is 1. The van der Waals surface area contributed by atoms with Crippen molar-refractivity contribution in [2.45, 2.75) is 185 Å². The van der Waals surface area contributed by atoms with Crippen LogP contribution in [0, 0.1) is 41.4 Å². The van der Waals surface area contributed by atoms with E-state index in [2.05, 4.69) is 29.7 Å². The average Bonchev–Trinajstić information content (AvgIpc) is 3.44. The lowest BCUT2D eigenvalue weighted by molar-refractivity contribution is -0.699. The molecule has 52 heavy (non-hydrogen) atoms. The number of aliphatic hydroxyl groups is 3. The van der Waals surface area contributed by atoms with Crippen molar-refractivity contribution >= 4 is 11.8 Å². The number of hydrogen-bond acceptors (Lipinski definition) is 7. The minimum atomic E-state index is -1.21. The van der Waals surface area contributed by atoms with E-state index in [0.29, 0.717) is 68.0 Å². The van der Waals surface area contributed by atoms with Gasteiger partial charge in [-0.3, -0.25) is 10.5 Å². The number of carboxylic acid groups (broad SMARTS) is 1. The van der Waals surface area contributed by atoms with E-state index in [-0.39, 0.29) is 30.5 Å². The molecule has 1 saturated heterocycles. The van der Waals surface area contributed by atoms with Gasteiger partial charge in [-0.25, -0.2) is 0 Å². The molecule has 9 N–H and O–H groups in total. The first-order valence-electron chi connectivity index (χ1n) is 22.0. The molecule has 9 nitrogen and oxygen atoms in total. The summed E-state index contributed by atoms with van der Waals surface area (Å²) in [5.41, 5.74) is 5.38. The lowest BCUT2D eigenvalue weighted by Gasteiger charge is -2.30. The van der Waals surface area contributed by atoms with Gasteiger partial charge in [0.15, 0.2) is 0 Å². The van der Waals surface area contributed by atoms with Crippen molar-refractivity contribution in [2.75, 3.05) is 19.6 Å². The number of piperidine rings is 1. The molecule has 0 spiro atoms. The Kier molecular flexibility index (Phi) is 19.1. The maximum absolute atomic E-state index is 12.7. The number of nitrogens with two attached hydrogens (primary N) is 3. The Bertz CT molecular complexity index is 1070. The van der Waals surface area contributed by atoms with Crippen LogP contribution >= 0.6 is 0 Å². The third-order valence-electron chi connectivity index (χ3n) is 13.7. The van der Waals surface area contributed by atoms with Crippen LogP contribution in [0.5, 0.6) is 0 Å². The first-order chi connectivity index (χ1) is 25.1. The quantitative estimate of drug-likeness (QED) is 0.0650. The van der Waals surface area contributed by atoms with Crippen LogP contribution in [0.25, 0.3) is 0 Å². The number of quaternary nitrogens is 2. The number of hydrogen-bond donors (Lipinski definition) is 6. The average molecular weight is 733 g/mol. The van der Waals surface area contributed by atoms with Crippen LogP contribution in [-0.2, 0) is 9.59 Å². The number of aliphatic hydroxyl groups excluding tert-OH is 2. The minimum Gasteiger partial charge on any atom is -0.550 e. The molecule has 0 amide bonds. The number of carbonyl (C=O) groups excluding carboxylic acids is 2. The highest BCUT2D eigenvalue weighted by atomic mass is 16.4. The summed E-state index contributed by atoms with van der Waals surface area (Å²) in [6.45, 7) is 5.10. The van der Waals surface area contributed by atoms with Crippen LogP contribution in [0.2, 0.25) is 0 Å². The second-order valence-electron chi connectivity index (χ2n) is 18.0. The van der Waals surface area contributed by atoms with E-state index in [0.717, 1.165) is 90.3 Å². The topological polar surface area (TPSA) is 177 Å². The summed E-state index contributed by atoms with van der Waals surface area (Å²) in [5.74, 6) is 0.511. The second-order valence-corrected chi connectivity index (χ2v) is 18.0. The molecular weight excluding hydrogens is 654 g/mol. The number of allylic oxidation sites excluding steroid dienone is 1. The molecule has 0 aromatic heterocycles. The molecule has 10 atom stereocenters. The molecule has 0 aromatic rings. The predicted octanol–water partition coefficient (Wildman–Crippen LogP) is 3.48. The Morgan fingerprint density at radius 1 is 0.962 bits per heavy atom. The fraction of sp³-hybridized carbons (Fsp3) is 0.907. The molecule has 300 valence electrons. The van der Waals surface area contributed by atoms with E-state index in [4.69, 9.17) is 5.73 Å². The smallest absolute Gasteiger partial charge is 0.137 e. The highest BCUT2D eigenvalue weighted by Crippen LogP contribution is 2.45. The van der Waals surface area contributed by atoms with Gasteiger partial charge in [0.2, 0.25) is 0 Å². The highest BCUT2D eigenvalue weighted by Gasteiger charge is 2.46. The molecule has 1 heterocycles. The van der Waals surface area contributed by atoms with Crippen molar-refractivity contribution in [1.29, 1.82) is 0 Å². The Labute approximate surface area is 315 Å². The molecule has 0 bridgehead atoms. The highest BCUT2D eigenvalue weighted by molar-refractivity contribution is 5.81. The molecule has 3 aliphatic carbocycles. The van der Waals surface area contributed by atoms with Gasteiger partial charge < -0.3 is 35.9 Å². The van der Waals surface area contributed by atoms with Gasteiger partial charge in [-0.05, 0) is 94.8 Å². The van der Waals surface area contributed by atoms with E-state index in [1.54, 1.807) is 0 Å². The van der Waals surface area contributed by atoms with Crippen LogP contribution in [0.4, 0.5) is 0 Å². The first-order valence-corrected chi connectivity index (χ1v) is 22.0. The van der Waals surface area contributed by atoms with Gasteiger partial charge in [-0.1, -0.05) is 76.9 Å². The fourth-order valence-electron chi connectivity index (χ4n) is 10.5. The zero-order valence-corrected chi connectivity index (χ0v) is 32.8. The molecule has 9 heteroatoms. The monoisotopic (exact) mass is 733 g/mol. The van der Waals surface area contributed by atoms with Crippen LogP contribution in [0.1, 0.15) is 161 Å². The zero-order valence-electron chi connectivity index (χ0n) is 32.8. The molecule has 0 radical (unpaired) electrons. The van der Waals surface area contributed by atoms with E-state index >= 15 is 0 Å². The van der Waals surface area contributed by atoms with Crippen molar-refractivity contribution in [3.05, 3.63) is 12.2 Å². The first kappa shape index (κ1) is 43.4. The van der Waals surface area contributed by atoms with Crippen LogP contribution in [0.3, 0.4) is 0 Å². The lowest BCUT2D eigenvalue weighted by atomic mass is 9.81. The van der Waals surface area contributed by atoms with Gasteiger partial charge in [0, 0.05) is 48.9 Å². The van der Waals surface area contributed by atoms with Crippen LogP contribution in [-0.4, -0.2) is 70.7 Å². The van der Waals surface area contributed by atoms with Crippen LogP contribution in [0.15, 0.2) is 12.2 Å². The fourth-order valence-corrected chi connectivity index (χ4v) is 10.5. The maximum atomic E-state index is 12.7. The van der Waals surface area contributed by atoms with Gasteiger partial charge in [0.05, 0.1) is 37.4 Å². The summed E-state index contributed by atoms with van der Waals surface area (Å²) in [5, 5.41) is 50.4. The van der Waals surface area contributed by atoms with Gasteiger partial charge in [0.1, 0.15) is 11.9 Å². The lowest BCUT2D eigenvalue weighted by Crippen LogP contribution is -2.94. The van der Waals surface area contributed by atoms with E-state index in [1.165, 1.54) is 38.5 Å². The SMILES string of the molecule is CCCCCC1C=CC(CCCCCC(C(=O)[O-])C(O)CCC2(O)CC(C[NH2+]CCCC(=O)C3CCCCC3)C(CC3CC[NH2+]C(N)C3)C2)C(O)C1. The summed E-state index contributed by atoms with van der Waals surface area (Å²) >= 11 is 0. The number of unbranched alkanes of at least 4 members (excludes halogenated alkanes) is 4. The Morgan fingerprint density at radius 2 is 1.73 bits per heavy atom. The van der Waals surface area contributed by atoms with E-state index in [9.17, 15) is 30.0 Å². The van der Waals surface area contributed by atoms with Gasteiger partial charge in [0.25, 0.3) is 0 Å². The van der Waals surface area contributed by atoms with Crippen molar-refractivity contribution in [3.63, 3.8) is 0 Å². The Morgan fingerprint density at radius 3 is 2.46 bits per heavy atom. The third kappa shape index (κ3) is 14.7. The molecule has 0 aromatic carbocycles. The van der Waals surface area contributed by atoms with E-state index in [1.807, 2.05) is 0 Å². The standard InChI is InChI=1S/C43H77N3O6/c1-2-3-6-12-31-18-19-34(40(49)26-31)15-9-5-10-16-37(42(50)51)39(48)20-22-43(52)28-35(25-32-21-24-46-41(44)27-32)36(29-43)30-45-23-11-17-38(47)33-13-7-4-8-14-33/h18-19,31-37,39-41,45-46,48-49,52H,2-17,20-30,44H2,1H3,(H,50,51)/p+1. The summed E-state index contributed by atoms with van der Waals surface area (Å²) in [7, 11) is 0. The zero-order chi connectivity index (χ0) is 37.3. The van der Waals surface area contributed by atoms with Crippen molar-refractivity contribution in [2.24, 2.45) is 47.2 Å². The molecule has 2 saturated carbocycles. The van der Waals surface area contributed by atoms with Crippen molar-refractivity contribution < 1.29 is 40.6 Å². The number of ketones is 1. The number of carboxylic acids is 1. The molecule has 3 fully saturated rings. The number of aliphatic carboxylic acids is 1. The van der Waals surface area contributed by atoms with Gasteiger partial charge in [-0.15, -0.1) is 0 Å².